The third-order valence-electron chi connectivity index (χ3n) is 6.10. The van der Waals surface area contributed by atoms with Gasteiger partial charge in [0.25, 0.3) is 0 Å². The normalized spacial score (nSPS) is 10.8. The van der Waals surface area contributed by atoms with Crippen molar-refractivity contribution in [3.05, 3.63) is 90.5 Å². The van der Waals surface area contributed by atoms with Gasteiger partial charge < -0.3 is 19.5 Å². The maximum atomic E-state index is 11.9. The van der Waals surface area contributed by atoms with E-state index in [-0.39, 0.29) is 5.56 Å². The average Bonchev–Trinajstić information content (AvgIpc) is 2.91. The Balaban J connectivity index is 1.77. The molecule has 0 heterocycles. The van der Waals surface area contributed by atoms with E-state index >= 15 is 0 Å². The predicted molar refractivity (Wildman–Crippen MR) is 146 cm³/mol. The Morgan fingerprint density at radius 3 is 1.67 bits per heavy atom. The minimum atomic E-state index is -0.938. The molecule has 0 aliphatic heterocycles. The highest BCUT2D eigenvalue weighted by molar-refractivity contribution is 6.09. The second-order valence-corrected chi connectivity index (χ2v) is 8.71. The number of hydrogen-bond acceptors (Lipinski definition) is 4. The lowest BCUT2D eigenvalue weighted by Crippen LogP contribution is -2.11. The van der Waals surface area contributed by atoms with Gasteiger partial charge in [0.2, 0.25) is 0 Å². The van der Waals surface area contributed by atoms with Crippen molar-refractivity contribution in [2.75, 3.05) is 18.1 Å². The minimum Gasteiger partial charge on any atom is -0.494 e. The van der Waals surface area contributed by atoms with Crippen molar-refractivity contribution in [2.24, 2.45) is 0 Å². The van der Waals surface area contributed by atoms with E-state index in [9.17, 15) is 9.90 Å². The molecule has 186 valence electrons. The first-order valence-corrected chi connectivity index (χ1v) is 12.6. The summed E-state index contributed by atoms with van der Waals surface area (Å²) in [4.78, 5) is 14.0. The maximum absolute atomic E-state index is 11.9. The van der Waals surface area contributed by atoms with E-state index in [1.54, 1.807) is 6.07 Å². The lowest BCUT2D eigenvalue weighted by atomic mass is 10.0. The van der Waals surface area contributed by atoms with Crippen LogP contribution in [0.2, 0.25) is 0 Å². The second kappa shape index (κ2) is 12.1. The largest absolute Gasteiger partial charge is 0.494 e. The van der Waals surface area contributed by atoms with Gasteiger partial charge in [0.15, 0.2) is 0 Å². The lowest BCUT2D eigenvalue weighted by molar-refractivity contribution is 0.0699. The van der Waals surface area contributed by atoms with Crippen molar-refractivity contribution in [3.63, 3.8) is 0 Å². The summed E-state index contributed by atoms with van der Waals surface area (Å²) in [5.74, 6) is 0.724. The molecule has 0 unspecified atom stereocenters. The summed E-state index contributed by atoms with van der Waals surface area (Å²) in [7, 11) is 0. The molecule has 0 aliphatic rings. The molecule has 0 saturated heterocycles. The Bertz CT molecular complexity index is 1230. The van der Waals surface area contributed by atoms with Gasteiger partial charge in [0, 0.05) is 16.8 Å². The number of carboxylic acids is 1. The van der Waals surface area contributed by atoms with Crippen LogP contribution in [0.4, 0.5) is 17.1 Å². The quantitative estimate of drug-likeness (QED) is 0.205. The van der Waals surface area contributed by atoms with Crippen LogP contribution in [0.3, 0.4) is 0 Å². The molecule has 4 rings (SSSR count). The number of rotatable bonds is 12. The Morgan fingerprint density at radius 1 is 0.694 bits per heavy atom. The fraction of sp³-hybridized carbons (Fsp3) is 0.258. The van der Waals surface area contributed by atoms with Gasteiger partial charge in [0.05, 0.1) is 24.5 Å². The molecule has 0 saturated carbocycles. The zero-order valence-corrected chi connectivity index (χ0v) is 20.9. The van der Waals surface area contributed by atoms with E-state index < -0.39 is 5.97 Å². The monoisotopic (exact) mass is 483 g/mol. The number of ether oxygens (including phenoxy) is 2. The number of hydrogen-bond donors (Lipinski definition) is 1. The third-order valence-corrected chi connectivity index (χ3v) is 6.10. The van der Waals surface area contributed by atoms with Crippen molar-refractivity contribution >= 4 is 33.8 Å². The summed E-state index contributed by atoms with van der Waals surface area (Å²) in [6, 6.07) is 27.2. The Kier molecular flexibility index (Phi) is 8.45. The fourth-order valence-corrected chi connectivity index (χ4v) is 4.14. The van der Waals surface area contributed by atoms with Crippen molar-refractivity contribution in [2.45, 2.75) is 39.5 Å². The summed E-state index contributed by atoms with van der Waals surface area (Å²) in [6.45, 7) is 5.68. The molecule has 0 amide bonds. The second-order valence-electron chi connectivity index (χ2n) is 8.71. The molecule has 0 aromatic heterocycles. The van der Waals surface area contributed by atoms with E-state index in [4.69, 9.17) is 9.47 Å². The molecule has 0 bridgehead atoms. The van der Waals surface area contributed by atoms with Gasteiger partial charge >= 0.3 is 5.97 Å². The van der Waals surface area contributed by atoms with Gasteiger partial charge in [-0.25, -0.2) is 4.79 Å². The number of anilines is 3. The lowest BCUT2D eigenvalue weighted by Gasteiger charge is -2.27. The van der Waals surface area contributed by atoms with E-state index in [0.717, 1.165) is 59.6 Å². The number of fused-ring (bicyclic) bond motifs is 1. The van der Waals surface area contributed by atoms with Crippen LogP contribution >= 0.6 is 0 Å². The van der Waals surface area contributed by atoms with Gasteiger partial charge in [-0.3, -0.25) is 0 Å². The summed E-state index contributed by atoms with van der Waals surface area (Å²) in [5, 5.41) is 11.3. The fourth-order valence-electron chi connectivity index (χ4n) is 4.14. The van der Waals surface area contributed by atoms with Crippen LogP contribution in [0.1, 0.15) is 49.9 Å². The van der Waals surface area contributed by atoms with Gasteiger partial charge in [-0.1, -0.05) is 51.0 Å². The topological polar surface area (TPSA) is 59.0 Å². The van der Waals surface area contributed by atoms with Crippen LogP contribution < -0.4 is 14.4 Å². The zero-order valence-electron chi connectivity index (χ0n) is 20.9. The number of aromatic carboxylic acids is 1. The smallest absolute Gasteiger partial charge is 0.336 e. The highest BCUT2D eigenvalue weighted by atomic mass is 16.5. The molecule has 5 heteroatoms. The van der Waals surface area contributed by atoms with E-state index in [0.29, 0.717) is 18.6 Å². The van der Waals surface area contributed by atoms with E-state index in [1.165, 1.54) is 0 Å². The summed E-state index contributed by atoms with van der Waals surface area (Å²) in [5.41, 5.74) is 3.08. The number of benzene rings is 4. The molecule has 0 aliphatic carbocycles. The first kappa shape index (κ1) is 25.1. The van der Waals surface area contributed by atoms with Gasteiger partial charge in [-0.05, 0) is 78.9 Å². The molecule has 0 spiro atoms. The molecular formula is C31H33NO4. The highest BCUT2D eigenvalue weighted by Gasteiger charge is 2.18. The Labute approximate surface area is 212 Å². The molecule has 36 heavy (non-hydrogen) atoms. The van der Waals surface area contributed by atoms with Crippen LogP contribution in [0.25, 0.3) is 10.8 Å². The number of unbranched alkanes of at least 4 members (excludes halogenated alkanes) is 2. The van der Waals surface area contributed by atoms with Crippen molar-refractivity contribution in [1.82, 2.24) is 0 Å². The van der Waals surface area contributed by atoms with Crippen molar-refractivity contribution in [1.29, 1.82) is 0 Å². The molecule has 4 aromatic carbocycles. The first-order chi connectivity index (χ1) is 17.6. The molecule has 0 radical (unpaired) electrons. The summed E-state index contributed by atoms with van der Waals surface area (Å²) >= 11 is 0. The predicted octanol–water partition coefficient (Wildman–Crippen LogP) is 8.37. The van der Waals surface area contributed by atoms with Crippen LogP contribution in [-0.2, 0) is 0 Å². The maximum Gasteiger partial charge on any atom is 0.336 e. The van der Waals surface area contributed by atoms with Gasteiger partial charge in [0.1, 0.15) is 11.5 Å². The van der Waals surface area contributed by atoms with Gasteiger partial charge in [-0.15, -0.1) is 0 Å². The van der Waals surface area contributed by atoms with Crippen molar-refractivity contribution < 1.29 is 19.4 Å². The van der Waals surface area contributed by atoms with Gasteiger partial charge in [-0.2, -0.15) is 0 Å². The standard InChI is InChI=1S/C31H33NO4/c1-3-5-21-35-25-15-11-23(12-16-25)32(24-13-17-26(18-14-24)36-22-6-4-2)30-20-19-29(31(33)34)27-9-7-8-10-28(27)30/h7-20H,3-6,21-22H2,1-2H3,(H,33,34). The van der Waals surface area contributed by atoms with E-state index in [2.05, 4.69) is 18.7 Å². The summed E-state index contributed by atoms with van der Waals surface area (Å²) < 4.78 is 11.7. The molecule has 5 nitrogen and oxygen atoms in total. The highest BCUT2D eigenvalue weighted by Crippen LogP contribution is 2.40. The molecule has 1 N–H and O–H groups in total. The number of nitrogens with zero attached hydrogens (tertiary/aromatic N) is 1. The molecule has 0 atom stereocenters. The van der Waals surface area contributed by atoms with Crippen LogP contribution in [-0.4, -0.2) is 24.3 Å². The third kappa shape index (κ3) is 5.80. The molecule has 0 fully saturated rings. The SMILES string of the molecule is CCCCOc1ccc(N(c2ccc(OCCCC)cc2)c2ccc(C(=O)O)c3ccccc23)cc1. The minimum absolute atomic E-state index is 0.286. The Hall–Kier alpha value is -3.99. The molecule has 4 aromatic rings. The van der Waals surface area contributed by atoms with Crippen LogP contribution in [0.5, 0.6) is 11.5 Å². The number of carboxylic acid groups (broad SMARTS) is 1. The Morgan fingerprint density at radius 2 is 1.19 bits per heavy atom. The van der Waals surface area contributed by atoms with Crippen LogP contribution in [0, 0.1) is 0 Å². The average molecular weight is 484 g/mol. The van der Waals surface area contributed by atoms with E-state index in [1.807, 2.05) is 78.9 Å². The van der Waals surface area contributed by atoms with Crippen molar-refractivity contribution in [3.8, 4) is 11.5 Å². The zero-order chi connectivity index (χ0) is 25.3. The van der Waals surface area contributed by atoms with Crippen LogP contribution in [0.15, 0.2) is 84.9 Å². The molecular weight excluding hydrogens is 450 g/mol. The first-order valence-electron chi connectivity index (χ1n) is 12.6. The summed E-state index contributed by atoms with van der Waals surface area (Å²) in [6.07, 6.45) is 4.21. The number of carbonyl (C=O) groups is 1.